The minimum absolute atomic E-state index is 0.0223. The number of hydrogen-bond acceptors (Lipinski definition) is 12. The maximum absolute atomic E-state index is 13.4. The van der Waals surface area contributed by atoms with Crippen LogP contribution in [0.15, 0.2) is 71.9 Å². The number of amides is 3. The van der Waals surface area contributed by atoms with Crippen LogP contribution < -0.4 is 32.6 Å². The van der Waals surface area contributed by atoms with E-state index in [2.05, 4.69) is 77.6 Å². The first-order valence-corrected chi connectivity index (χ1v) is 17.7. The number of allylic oxidation sites excluding steroid dienone is 3. The molecule has 0 heterocycles. The van der Waals surface area contributed by atoms with Gasteiger partial charge in [-0.15, -0.1) is 0 Å². The van der Waals surface area contributed by atoms with Gasteiger partial charge in [0.2, 0.25) is 0 Å². The molecule has 53 heavy (non-hydrogen) atoms. The van der Waals surface area contributed by atoms with Crippen molar-refractivity contribution >= 4 is 41.7 Å². The maximum atomic E-state index is 13.4. The fraction of sp³-hybridized carbons (Fsp3) is 0.474. The van der Waals surface area contributed by atoms with Crippen molar-refractivity contribution in [2.45, 2.75) is 51.4 Å². The van der Waals surface area contributed by atoms with Gasteiger partial charge in [0.25, 0.3) is 17.7 Å². The number of carbonyl (C=O) groups excluding carboxylic acids is 6. The quantitative estimate of drug-likeness (QED) is 0.0494. The smallest absolute Gasteiger partial charge is 0.321 e. The van der Waals surface area contributed by atoms with E-state index >= 15 is 0 Å². The highest BCUT2D eigenvalue weighted by atomic mass is 16.5. The molecular formula is C38H52N6O9. The van der Waals surface area contributed by atoms with E-state index < -0.39 is 29.7 Å². The number of carbonyl (C=O) groups is 6. The van der Waals surface area contributed by atoms with Crippen LogP contribution in [0.25, 0.3) is 6.08 Å². The third kappa shape index (κ3) is 14.8. The molecule has 288 valence electrons. The first kappa shape index (κ1) is 42.3. The number of benzene rings is 1. The van der Waals surface area contributed by atoms with Crippen molar-refractivity contribution in [1.29, 1.82) is 0 Å². The van der Waals surface area contributed by atoms with Gasteiger partial charge in [-0.05, 0) is 80.6 Å². The van der Waals surface area contributed by atoms with E-state index in [1.54, 1.807) is 0 Å². The molecule has 0 atom stereocenters. The molecule has 2 fully saturated rings. The molecule has 6 N–H and O–H groups in total. The van der Waals surface area contributed by atoms with Crippen molar-refractivity contribution in [3.8, 4) is 0 Å². The van der Waals surface area contributed by atoms with Crippen LogP contribution in [-0.2, 0) is 43.0 Å². The fourth-order valence-electron chi connectivity index (χ4n) is 6.13. The second kappa shape index (κ2) is 22.7. The monoisotopic (exact) mass is 736 g/mol. The maximum Gasteiger partial charge on any atom is 0.321 e. The van der Waals surface area contributed by atoms with Crippen LogP contribution in [0.3, 0.4) is 0 Å². The Kier molecular flexibility index (Phi) is 18.1. The van der Waals surface area contributed by atoms with E-state index in [9.17, 15) is 28.8 Å². The summed E-state index contributed by atoms with van der Waals surface area (Å²) in [7, 11) is 3.75. The Morgan fingerprint density at radius 1 is 0.698 bits per heavy atom. The Bertz CT molecular complexity index is 1530. The predicted molar refractivity (Wildman–Crippen MR) is 196 cm³/mol. The lowest BCUT2D eigenvalue weighted by Gasteiger charge is -2.34. The molecule has 0 aromatic heterocycles. The van der Waals surface area contributed by atoms with Crippen molar-refractivity contribution in [2.75, 3.05) is 41.0 Å². The molecule has 0 radical (unpaired) electrons. The third-order valence-corrected chi connectivity index (χ3v) is 9.29. The van der Waals surface area contributed by atoms with Gasteiger partial charge in [-0.1, -0.05) is 61.2 Å². The van der Waals surface area contributed by atoms with E-state index in [4.69, 9.17) is 0 Å². The molecule has 1 aromatic rings. The lowest BCUT2D eigenvalue weighted by Crippen LogP contribution is -2.43. The zero-order chi connectivity index (χ0) is 38.6. The molecule has 3 amide bonds. The SMILES string of the molecule is C=C(C(=O)NNCC(=O)OC)C1CC(/C=C(/CC/C=C(/C(=O)NNCC(=O)OC)C2CCC(C=Cc3ccccc3)CC2)C(=O)NNCC(=O)OC)C1. The topological polar surface area (TPSA) is 202 Å². The molecule has 0 saturated heterocycles. The van der Waals surface area contributed by atoms with Crippen LogP contribution in [-0.4, -0.2) is 76.6 Å². The Labute approximate surface area is 310 Å². The largest absolute Gasteiger partial charge is 0.468 e. The highest BCUT2D eigenvalue weighted by Gasteiger charge is 2.33. The van der Waals surface area contributed by atoms with Crippen LogP contribution in [0.5, 0.6) is 0 Å². The molecule has 3 rings (SSSR count). The first-order valence-electron chi connectivity index (χ1n) is 17.7. The zero-order valence-corrected chi connectivity index (χ0v) is 30.7. The Morgan fingerprint density at radius 2 is 1.23 bits per heavy atom. The summed E-state index contributed by atoms with van der Waals surface area (Å²) in [4.78, 5) is 73.7. The number of nitrogens with one attached hydrogen (secondary N) is 6. The second-order valence-corrected chi connectivity index (χ2v) is 12.9. The average Bonchev–Trinajstić information content (AvgIpc) is 3.15. The van der Waals surface area contributed by atoms with E-state index in [1.165, 1.54) is 21.3 Å². The summed E-state index contributed by atoms with van der Waals surface area (Å²) in [5.41, 5.74) is 17.8. The standard InChI is InChI=1S/C38H52N6O9/c1-25(36(48)42-39-22-33(45)51-2)31-20-28(21-31)19-30(37(49)43-40-23-34(46)52-3)11-8-12-32(38(50)44-41-24-35(47)53-4)29-17-15-27(16-18-29)14-13-26-9-6-5-7-10-26/h5-7,9-10,12-14,19,27-29,31,39-41H,1,8,11,15-18,20-24H2,2-4H3,(H,42,48)(H,43,49)(H,44,50)/b14-13?,30-19-,32-12+. The molecule has 0 unspecified atom stereocenters. The molecule has 1 aromatic carbocycles. The summed E-state index contributed by atoms with van der Waals surface area (Å²) in [5.74, 6) is -2.64. The molecular weight excluding hydrogens is 684 g/mol. The van der Waals surface area contributed by atoms with Gasteiger partial charge in [0, 0.05) is 16.7 Å². The van der Waals surface area contributed by atoms with Gasteiger partial charge < -0.3 is 14.2 Å². The summed E-state index contributed by atoms with van der Waals surface area (Å²) < 4.78 is 13.8. The number of methoxy groups -OCH3 is 3. The second-order valence-electron chi connectivity index (χ2n) is 12.9. The average molecular weight is 737 g/mol. The van der Waals surface area contributed by atoms with Crippen molar-refractivity contribution in [3.63, 3.8) is 0 Å². The molecule has 0 bridgehead atoms. The molecule has 2 aliphatic rings. The van der Waals surface area contributed by atoms with Crippen LogP contribution in [0.4, 0.5) is 0 Å². The molecule has 15 heteroatoms. The Morgan fingerprint density at radius 3 is 1.77 bits per heavy atom. The predicted octanol–water partition coefficient (Wildman–Crippen LogP) is 2.10. The van der Waals surface area contributed by atoms with E-state index in [-0.39, 0.29) is 49.7 Å². The molecule has 2 aliphatic carbocycles. The molecule has 2 saturated carbocycles. The van der Waals surface area contributed by atoms with Crippen molar-refractivity contribution in [2.24, 2.45) is 23.7 Å². The molecule has 0 aliphatic heterocycles. The van der Waals surface area contributed by atoms with E-state index in [0.717, 1.165) is 31.2 Å². The highest BCUT2D eigenvalue weighted by Crippen LogP contribution is 2.40. The van der Waals surface area contributed by atoms with Gasteiger partial charge in [0.15, 0.2) is 0 Å². The number of esters is 3. The Hall–Kier alpha value is -5.12. The summed E-state index contributed by atoms with van der Waals surface area (Å²) in [6, 6.07) is 10.1. The van der Waals surface area contributed by atoms with Crippen LogP contribution in [0.1, 0.15) is 56.9 Å². The fourth-order valence-corrected chi connectivity index (χ4v) is 6.13. The lowest BCUT2D eigenvalue weighted by molar-refractivity contribution is -0.140. The van der Waals surface area contributed by atoms with Gasteiger partial charge in [-0.25, -0.2) is 16.3 Å². The van der Waals surface area contributed by atoms with E-state index in [0.29, 0.717) is 41.9 Å². The highest BCUT2D eigenvalue weighted by molar-refractivity contribution is 5.95. The van der Waals surface area contributed by atoms with Gasteiger partial charge >= 0.3 is 17.9 Å². The summed E-state index contributed by atoms with van der Waals surface area (Å²) in [6.07, 6.45) is 13.2. The molecule has 0 spiro atoms. The van der Waals surface area contributed by atoms with E-state index in [1.807, 2.05) is 30.4 Å². The molecule has 15 nitrogen and oxygen atoms in total. The third-order valence-electron chi connectivity index (χ3n) is 9.29. The van der Waals surface area contributed by atoms with Gasteiger partial charge in [0.05, 0.1) is 21.3 Å². The van der Waals surface area contributed by atoms with Crippen molar-refractivity contribution < 1.29 is 43.0 Å². The normalized spacial score (nSPS) is 20.1. The summed E-state index contributed by atoms with van der Waals surface area (Å²) in [6.45, 7) is 3.28. The lowest BCUT2D eigenvalue weighted by atomic mass is 9.70. The number of hydrazine groups is 3. The van der Waals surface area contributed by atoms with Gasteiger partial charge in [0.1, 0.15) is 19.6 Å². The van der Waals surface area contributed by atoms with Crippen molar-refractivity contribution in [1.82, 2.24) is 32.6 Å². The van der Waals surface area contributed by atoms with Crippen LogP contribution in [0.2, 0.25) is 0 Å². The number of ether oxygens (including phenoxy) is 3. The minimum atomic E-state index is -0.555. The van der Waals surface area contributed by atoms with Crippen molar-refractivity contribution in [3.05, 3.63) is 77.4 Å². The summed E-state index contributed by atoms with van der Waals surface area (Å²) >= 11 is 0. The zero-order valence-electron chi connectivity index (χ0n) is 30.7. The number of hydrogen-bond donors (Lipinski definition) is 6. The summed E-state index contributed by atoms with van der Waals surface area (Å²) in [5, 5.41) is 0. The van der Waals surface area contributed by atoms with Crippen LogP contribution in [0, 0.1) is 23.7 Å². The van der Waals surface area contributed by atoms with Crippen LogP contribution >= 0.6 is 0 Å². The van der Waals surface area contributed by atoms with Gasteiger partial charge in [-0.2, -0.15) is 0 Å². The van der Waals surface area contributed by atoms with Gasteiger partial charge in [-0.3, -0.25) is 45.0 Å². The minimum Gasteiger partial charge on any atom is -0.468 e. The Balaban J connectivity index is 1.69. The number of rotatable bonds is 20. The first-order chi connectivity index (χ1) is 25.5.